The maximum Gasteiger partial charge on any atom is 0.433 e. The molecule has 0 bridgehead atoms. The first-order chi connectivity index (χ1) is 7.06. The molecule has 0 aliphatic rings. The molecule has 0 spiro atoms. The maximum atomic E-state index is 11.2. The van der Waals surface area contributed by atoms with Gasteiger partial charge in [0.15, 0.2) is 9.84 Å². The van der Waals surface area contributed by atoms with Crippen molar-refractivity contribution in [1.29, 1.82) is 0 Å². The van der Waals surface area contributed by atoms with Crippen LogP contribution >= 0.6 is 0 Å². The molecule has 7 heteroatoms. The first-order valence-corrected chi connectivity index (χ1v) is 6.76. The molecule has 1 N–H and O–H groups in total. The highest BCUT2D eigenvalue weighted by Gasteiger charge is 2.24. The Balaban J connectivity index is 4.90. The summed E-state index contributed by atoms with van der Waals surface area (Å²) in [5.74, 6) is -0.229. The van der Waals surface area contributed by atoms with Gasteiger partial charge in [-0.3, -0.25) is 4.84 Å². The van der Waals surface area contributed by atoms with Crippen LogP contribution in [0.5, 0.6) is 0 Å². The van der Waals surface area contributed by atoms with Crippen LogP contribution in [0.4, 0.5) is 4.79 Å². The average Bonchev–Trinajstić information content (AvgIpc) is 2.08. The number of carbonyl (C=O) groups is 1. The van der Waals surface area contributed by atoms with Crippen molar-refractivity contribution in [3.63, 3.8) is 0 Å². The fourth-order valence-electron chi connectivity index (χ4n) is 0.770. The van der Waals surface area contributed by atoms with Gasteiger partial charge in [-0.05, 0) is 0 Å². The lowest BCUT2D eigenvalue weighted by molar-refractivity contribution is 0.151. The van der Waals surface area contributed by atoms with E-state index in [-0.39, 0.29) is 5.75 Å². The van der Waals surface area contributed by atoms with Gasteiger partial charge < -0.3 is 5.32 Å². The number of nitrogens with zero attached hydrogens (tertiary/aromatic N) is 1. The van der Waals surface area contributed by atoms with Gasteiger partial charge >= 0.3 is 6.09 Å². The van der Waals surface area contributed by atoms with Crippen LogP contribution in [-0.4, -0.2) is 39.3 Å². The Labute approximate surface area is 96.0 Å². The number of amides is 1. The number of hydrogen-bond acceptors (Lipinski definition) is 5. The fourth-order valence-corrected chi connectivity index (χ4v) is 1.75. The minimum atomic E-state index is -3.20. The van der Waals surface area contributed by atoms with E-state index in [1.807, 2.05) is 0 Å². The highest BCUT2D eigenvalue weighted by Crippen LogP contribution is 2.17. The molecule has 0 saturated carbocycles. The smallest absolute Gasteiger partial charge is 0.323 e. The van der Waals surface area contributed by atoms with Crippen molar-refractivity contribution < 1.29 is 18.0 Å². The molecule has 0 fully saturated rings. The third kappa shape index (κ3) is 6.39. The molecule has 0 unspecified atom stereocenters. The normalized spacial score (nSPS) is 13.4. The minimum Gasteiger partial charge on any atom is -0.323 e. The van der Waals surface area contributed by atoms with Crippen LogP contribution in [0.15, 0.2) is 5.16 Å². The van der Waals surface area contributed by atoms with E-state index in [9.17, 15) is 13.2 Å². The van der Waals surface area contributed by atoms with Crippen LogP contribution in [0.1, 0.15) is 20.8 Å². The summed E-state index contributed by atoms with van der Waals surface area (Å²) < 4.78 is 22.3. The van der Waals surface area contributed by atoms with E-state index in [4.69, 9.17) is 0 Å². The molecule has 0 rings (SSSR count). The van der Waals surface area contributed by atoms with E-state index in [0.717, 1.165) is 6.26 Å². The van der Waals surface area contributed by atoms with Crippen molar-refractivity contribution in [1.82, 2.24) is 5.32 Å². The Kier molecular flexibility index (Phi) is 4.92. The fraction of sp³-hybridized carbons (Fsp3) is 0.778. The minimum absolute atomic E-state index is 0.229. The Morgan fingerprint density at radius 3 is 2.19 bits per heavy atom. The quantitative estimate of drug-likeness (QED) is 0.456. The number of rotatable bonds is 3. The van der Waals surface area contributed by atoms with Crippen molar-refractivity contribution in [3.8, 4) is 0 Å². The van der Waals surface area contributed by atoms with Gasteiger partial charge in [0.1, 0.15) is 0 Å². The molecular formula is C9H18N2O4S. The van der Waals surface area contributed by atoms with Gasteiger partial charge in [-0.2, -0.15) is 0 Å². The summed E-state index contributed by atoms with van der Waals surface area (Å²) in [6, 6.07) is 0. The summed E-state index contributed by atoms with van der Waals surface area (Å²) in [7, 11) is -1.81. The second-order valence-electron chi connectivity index (χ2n) is 4.49. The topological polar surface area (TPSA) is 84.8 Å². The molecule has 6 nitrogen and oxygen atoms in total. The van der Waals surface area contributed by atoms with Gasteiger partial charge in [0.2, 0.25) is 0 Å². The van der Waals surface area contributed by atoms with Gasteiger partial charge in [-0.25, -0.2) is 13.2 Å². The number of carbonyl (C=O) groups excluding carboxylic acids is 1. The molecule has 1 amide bonds. The van der Waals surface area contributed by atoms with E-state index < -0.39 is 21.3 Å². The number of sulfone groups is 1. The molecule has 16 heavy (non-hydrogen) atoms. The van der Waals surface area contributed by atoms with E-state index in [1.165, 1.54) is 7.05 Å². The van der Waals surface area contributed by atoms with Gasteiger partial charge in [-0.15, -0.1) is 0 Å². The predicted molar refractivity (Wildman–Crippen MR) is 62.1 cm³/mol. The molecule has 0 aromatic heterocycles. The van der Waals surface area contributed by atoms with Crippen LogP contribution in [-0.2, 0) is 14.7 Å². The standard InChI is InChI=1S/C9H18N2O4S/c1-9(2,3)7(6-16(5,13)14)11-15-8(12)10-4/h6H2,1-5H3,(H,10,12)/b11-7-. The molecule has 0 atom stereocenters. The van der Waals surface area contributed by atoms with Gasteiger partial charge in [0.05, 0.1) is 11.5 Å². The first kappa shape index (κ1) is 14.9. The van der Waals surface area contributed by atoms with Gasteiger partial charge in [0.25, 0.3) is 0 Å². The van der Waals surface area contributed by atoms with E-state index in [0.29, 0.717) is 5.71 Å². The largest absolute Gasteiger partial charge is 0.433 e. The molecule has 0 heterocycles. The van der Waals surface area contributed by atoms with Crippen molar-refractivity contribution >= 4 is 21.6 Å². The van der Waals surface area contributed by atoms with Crippen molar-refractivity contribution in [2.24, 2.45) is 10.6 Å². The summed E-state index contributed by atoms with van der Waals surface area (Å²) in [5, 5.41) is 5.79. The van der Waals surface area contributed by atoms with Crippen molar-refractivity contribution in [2.75, 3.05) is 19.1 Å². The molecule has 0 aromatic rings. The van der Waals surface area contributed by atoms with E-state index in [2.05, 4.69) is 15.3 Å². The third-order valence-electron chi connectivity index (χ3n) is 1.71. The maximum absolute atomic E-state index is 11.2. The summed E-state index contributed by atoms with van der Waals surface area (Å²) in [5.41, 5.74) is -0.171. The lowest BCUT2D eigenvalue weighted by Crippen LogP contribution is -2.29. The van der Waals surface area contributed by atoms with E-state index in [1.54, 1.807) is 20.8 Å². The van der Waals surface area contributed by atoms with E-state index >= 15 is 0 Å². The highest BCUT2D eigenvalue weighted by atomic mass is 32.2. The van der Waals surface area contributed by atoms with Gasteiger partial charge in [0, 0.05) is 18.7 Å². The number of nitrogens with one attached hydrogen (secondary N) is 1. The zero-order valence-electron chi connectivity index (χ0n) is 10.2. The zero-order valence-corrected chi connectivity index (χ0v) is 11.0. The summed E-state index contributed by atoms with van der Waals surface area (Å²) in [6.45, 7) is 5.39. The van der Waals surface area contributed by atoms with Crippen LogP contribution in [0.25, 0.3) is 0 Å². The average molecular weight is 250 g/mol. The Morgan fingerprint density at radius 2 is 1.88 bits per heavy atom. The molecule has 0 saturated heterocycles. The van der Waals surface area contributed by atoms with Crippen LogP contribution in [0, 0.1) is 5.41 Å². The molecule has 0 aromatic carbocycles. The second kappa shape index (κ2) is 5.29. The second-order valence-corrected chi connectivity index (χ2v) is 6.63. The molecule has 0 aliphatic carbocycles. The Hall–Kier alpha value is -1.11. The third-order valence-corrected chi connectivity index (χ3v) is 2.51. The SMILES string of the molecule is CNC(=O)O/N=C(/CS(C)(=O)=O)C(C)(C)C. The summed E-state index contributed by atoms with van der Waals surface area (Å²) in [6.07, 6.45) is 0.379. The predicted octanol–water partition coefficient (Wildman–Crippen LogP) is 0.789. The summed E-state index contributed by atoms with van der Waals surface area (Å²) >= 11 is 0. The lowest BCUT2D eigenvalue weighted by Gasteiger charge is -2.19. The monoisotopic (exact) mass is 250 g/mol. The van der Waals surface area contributed by atoms with Crippen LogP contribution in [0.2, 0.25) is 0 Å². The lowest BCUT2D eigenvalue weighted by atomic mass is 9.91. The van der Waals surface area contributed by atoms with Crippen molar-refractivity contribution in [2.45, 2.75) is 20.8 Å². The molecule has 0 aliphatic heterocycles. The highest BCUT2D eigenvalue weighted by molar-refractivity contribution is 7.91. The zero-order chi connectivity index (χ0) is 13.0. The number of hydrogen-bond donors (Lipinski definition) is 1. The van der Waals surface area contributed by atoms with Crippen LogP contribution in [0.3, 0.4) is 0 Å². The Morgan fingerprint density at radius 1 is 1.38 bits per heavy atom. The van der Waals surface area contributed by atoms with Gasteiger partial charge in [-0.1, -0.05) is 25.9 Å². The Bertz CT molecular complexity index is 379. The van der Waals surface area contributed by atoms with Crippen LogP contribution < -0.4 is 5.32 Å². The molecular weight excluding hydrogens is 232 g/mol. The van der Waals surface area contributed by atoms with Crippen molar-refractivity contribution in [3.05, 3.63) is 0 Å². The molecule has 0 radical (unpaired) electrons. The number of oxime groups is 1. The first-order valence-electron chi connectivity index (χ1n) is 4.70. The summed E-state index contributed by atoms with van der Waals surface area (Å²) in [4.78, 5) is 15.3. The molecule has 94 valence electrons.